The predicted octanol–water partition coefficient (Wildman–Crippen LogP) is 3.30. The highest BCUT2D eigenvalue weighted by atomic mass is 16.5. The molecule has 6 heteroatoms. The number of carbonyl (C=O) groups is 3. The van der Waals surface area contributed by atoms with Crippen LogP contribution in [0.2, 0.25) is 0 Å². The summed E-state index contributed by atoms with van der Waals surface area (Å²) in [6.45, 7) is 2.65. The van der Waals surface area contributed by atoms with Gasteiger partial charge in [0.05, 0.1) is 13.0 Å². The number of hydrogen-bond donors (Lipinski definition) is 1. The van der Waals surface area contributed by atoms with Crippen LogP contribution in [0.15, 0.2) is 54.6 Å². The van der Waals surface area contributed by atoms with E-state index in [1.807, 2.05) is 37.3 Å². The van der Waals surface area contributed by atoms with Crippen molar-refractivity contribution < 1.29 is 23.9 Å². The molecule has 0 bridgehead atoms. The lowest BCUT2D eigenvalue weighted by molar-refractivity contribution is -0.148. The maximum atomic E-state index is 12.1. The van der Waals surface area contributed by atoms with E-state index < -0.39 is 5.97 Å². The molecule has 0 heterocycles. The van der Waals surface area contributed by atoms with E-state index in [9.17, 15) is 14.4 Å². The highest BCUT2D eigenvalue weighted by Gasteiger charge is 2.12. The summed E-state index contributed by atoms with van der Waals surface area (Å²) >= 11 is 0. The van der Waals surface area contributed by atoms with Crippen LogP contribution < -0.4 is 10.1 Å². The summed E-state index contributed by atoms with van der Waals surface area (Å²) in [6, 6.07) is 16.3. The Morgan fingerprint density at radius 1 is 0.929 bits per heavy atom. The van der Waals surface area contributed by atoms with Crippen LogP contribution in [0.1, 0.15) is 42.1 Å². The van der Waals surface area contributed by atoms with Crippen LogP contribution >= 0.6 is 0 Å². The number of rotatable bonds is 11. The van der Waals surface area contributed by atoms with Gasteiger partial charge in [0.2, 0.25) is 0 Å². The lowest BCUT2D eigenvalue weighted by Gasteiger charge is -2.07. The van der Waals surface area contributed by atoms with E-state index in [2.05, 4.69) is 5.32 Å². The van der Waals surface area contributed by atoms with Gasteiger partial charge in [0, 0.05) is 18.5 Å². The van der Waals surface area contributed by atoms with Gasteiger partial charge in [0.15, 0.2) is 12.4 Å². The second-order valence-corrected chi connectivity index (χ2v) is 6.22. The summed E-state index contributed by atoms with van der Waals surface area (Å²) < 4.78 is 10.4. The monoisotopic (exact) mass is 383 g/mol. The fraction of sp³-hybridized carbons (Fsp3) is 0.318. The van der Waals surface area contributed by atoms with E-state index in [0.717, 1.165) is 12.0 Å². The molecule has 0 saturated heterocycles. The van der Waals surface area contributed by atoms with E-state index in [1.165, 1.54) is 0 Å². The van der Waals surface area contributed by atoms with E-state index in [0.29, 0.717) is 24.5 Å². The summed E-state index contributed by atoms with van der Waals surface area (Å²) in [7, 11) is 0. The van der Waals surface area contributed by atoms with Crippen molar-refractivity contribution in [2.45, 2.75) is 32.7 Å². The SMILES string of the molecule is CCCOc1ccc(C(=O)CCC(=O)OCC(=O)NCc2ccccc2)cc1. The number of carbonyl (C=O) groups excluding carboxylic acids is 3. The third kappa shape index (κ3) is 7.61. The van der Waals surface area contributed by atoms with E-state index in [4.69, 9.17) is 9.47 Å². The minimum Gasteiger partial charge on any atom is -0.494 e. The summed E-state index contributed by atoms with van der Waals surface area (Å²) in [6.07, 6.45) is 0.867. The standard InChI is InChI=1S/C22H25NO5/c1-2-14-27-19-10-8-18(9-11-19)20(24)12-13-22(26)28-16-21(25)23-15-17-6-4-3-5-7-17/h3-11H,2,12-16H2,1H3,(H,23,25). The zero-order valence-electron chi connectivity index (χ0n) is 16.0. The summed E-state index contributed by atoms with van der Waals surface area (Å²) in [4.78, 5) is 35.6. The first-order valence-electron chi connectivity index (χ1n) is 9.30. The van der Waals surface area contributed by atoms with Gasteiger partial charge in [0.25, 0.3) is 5.91 Å². The van der Waals surface area contributed by atoms with Crippen molar-refractivity contribution >= 4 is 17.7 Å². The molecule has 0 fully saturated rings. The lowest BCUT2D eigenvalue weighted by atomic mass is 10.1. The topological polar surface area (TPSA) is 81.7 Å². The molecule has 0 unspecified atom stereocenters. The molecule has 0 aliphatic heterocycles. The Morgan fingerprint density at radius 3 is 2.32 bits per heavy atom. The van der Waals surface area contributed by atoms with Crippen molar-refractivity contribution in [1.82, 2.24) is 5.32 Å². The molecule has 1 N–H and O–H groups in total. The first-order chi connectivity index (χ1) is 13.6. The number of esters is 1. The first kappa shape index (κ1) is 21.2. The van der Waals surface area contributed by atoms with Crippen LogP contribution in [0.5, 0.6) is 5.75 Å². The summed E-state index contributed by atoms with van der Waals surface area (Å²) in [5, 5.41) is 2.67. The molecule has 6 nitrogen and oxygen atoms in total. The Bertz CT molecular complexity index is 771. The molecular weight excluding hydrogens is 358 g/mol. The predicted molar refractivity (Wildman–Crippen MR) is 105 cm³/mol. The summed E-state index contributed by atoms with van der Waals surface area (Å²) in [5.41, 5.74) is 1.47. The lowest BCUT2D eigenvalue weighted by Crippen LogP contribution is -2.28. The number of hydrogen-bond acceptors (Lipinski definition) is 5. The minimum atomic E-state index is -0.578. The van der Waals surface area contributed by atoms with Gasteiger partial charge in [-0.1, -0.05) is 37.3 Å². The number of amides is 1. The Labute approximate surface area is 164 Å². The van der Waals surface area contributed by atoms with Crippen molar-refractivity contribution in [2.24, 2.45) is 0 Å². The van der Waals surface area contributed by atoms with Gasteiger partial charge < -0.3 is 14.8 Å². The minimum absolute atomic E-state index is 0.0274. The van der Waals surface area contributed by atoms with Gasteiger partial charge in [-0.15, -0.1) is 0 Å². The van der Waals surface area contributed by atoms with Gasteiger partial charge in [-0.05, 0) is 36.2 Å². The van der Waals surface area contributed by atoms with Gasteiger partial charge >= 0.3 is 5.97 Å². The van der Waals surface area contributed by atoms with Crippen molar-refractivity contribution in [2.75, 3.05) is 13.2 Å². The molecule has 2 aromatic rings. The van der Waals surface area contributed by atoms with E-state index >= 15 is 0 Å². The van der Waals surface area contributed by atoms with Gasteiger partial charge in [-0.2, -0.15) is 0 Å². The van der Waals surface area contributed by atoms with Crippen LogP contribution in [0.25, 0.3) is 0 Å². The Kier molecular flexibility index (Phi) is 8.72. The first-order valence-corrected chi connectivity index (χ1v) is 9.30. The van der Waals surface area contributed by atoms with Gasteiger partial charge in [0.1, 0.15) is 5.75 Å². The van der Waals surface area contributed by atoms with E-state index in [-0.39, 0.29) is 31.1 Å². The Morgan fingerprint density at radius 2 is 1.64 bits per heavy atom. The third-order valence-electron chi connectivity index (χ3n) is 3.90. The Balaban J connectivity index is 1.65. The second kappa shape index (κ2) is 11.5. The maximum Gasteiger partial charge on any atom is 0.306 e. The largest absolute Gasteiger partial charge is 0.494 e. The molecule has 0 atom stereocenters. The molecule has 0 spiro atoms. The highest BCUT2D eigenvalue weighted by molar-refractivity contribution is 5.97. The van der Waals surface area contributed by atoms with Gasteiger partial charge in [-0.3, -0.25) is 14.4 Å². The second-order valence-electron chi connectivity index (χ2n) is 6.22. The molecule has 28 heavy (non-hydrogen) atoms. The van der Waals surface area contributed by atoms with E-state index in [1.54, 1.807) is 24.3 Å². The normalized spacial score (nSPS) is 10.2. The molecule has 0 saturated carbocycles. The molecule has 0 aliphatic carbocycles. The summed E-state index contributed by atoms with van der Waals surface area (Å²) in [5.74, 6) is -0.413. The third-order valence-corrected chi connectivity index (χ3v) is 3.90. The van der Waals surface area contributed by atoms with Gasteiger partial charge in [-0.25, -0.2) is 0 Å². The Hall–Kier alpha value is -3.15. The quantitative estimate of drug-likeness (QED) is 0.476. The fourth-order valence-corrected chi connectivity index (χ4v) is 2.38. The maximum absolute atomic E-state index is 12.1. The average molecular weight is 383 g/mol. The van der Waals surface area contributed by atoms with Crippen LogP contribution in [0.3, 0.4) is 0 Å². The van der Waals surface area contributed by atoms with Crippen molar-refractivity contribution in [3.05, 3.63) is 65.7 Å². The molecule has 0 aromatic heterocycles. The number of benzene rings is 2. The number of nitrogens with one attached hydrogen (secondary N) is 1. The smallest absolute Gasteiger partial charge is 0.306 e. The van der Waals surface area contributed by atoms with Crippen LogP contribution in [0, 0.1) is 0 Å². The van der Waals surface area contributed by atoms with Crippen LogP contribution in [-0.4, -0.2) is 30.9 Å². The van der Waals surface area contributed by atoms with Crippen LogP contribution in [-0.2, 0) is 20.9 Å². The molecule has 1 amide bonds. The molecule has 0 radical (unpaired) electrons. The zero-order valence-corrected chi connectivity index (χ0v) is 16.0. The van der Waals surface area contributed by atoms with Crippen LogP contribution in [0.4, 0.5) is 0 Å². The molecule has 0 aliphatic rings. The van der Waals surface area contributed by atoms with Crippen molar-refractivity contribution in [3.8, 4) is 5.75 Å². The number of ether oxygens (including phenoxy) is 2. The fourth-order valence-electron chi connectivity index (χ4n) is 2.38. The molecule has 148 valence electrons. The number of Topliss-reactive ketones (excluding diaryl/α,β-unsaturated/α-hetero) is 1. The molecular formula is C22H25NO5. The number of ketones is 1. The molecule has 2 rings (SSSR count). The van der Waals surface area contributed by atoms with Crippen molar-refractivity contribution in [3.63, 3.8) is 0 Å². The average Bonchev–Trinajstić information content (AvgIpc) is 2.74. The highest BCUT2D eigenvalue weighted by Crippen LogP contribution is 2.14. The molecule has 2 aromatic carbocycles. The van der Waals surface area contributed by atoms with Crippen molar-refractivity contribution in [1.29, 1.82) is 0 Å². The zero-order chi connectivity index (χ0) is 20.2.